The number of anilines is 1. The topological polar surface area (TPSA) is 92.3 Å². The van der Waals surface area contributed by atoms with Crippen molar-refractivity contribution in [2.45, 2.75) is 38.0 Å². The van der Waals surface area contributed by atoms with E-state index in [4.69, 9.17) is 27.7 Å². The van der Waals surface area contributed by atoms with Crippen LogP contribution in [-0.2, 0) is 0 Å². The van der Waals surface area contributed by atoms with E-state index in [1.54, 1.807) is 6.07 Å². The zero-order valence-corrected chi connectivity index (χ0v) is 22.0. The molecular formula is C27H22Cl2N4O3S. The Morgan fingerprint density at radius 2 is 1.89 bits per heavy atom. The maximum Gasteiger partial charge on any atom is 0.337 e. The summed E-state index contributed by atoms with van der Waals surface area (Å²) in [5.74, 6) is 0.410. The van der Waals surface area contributed by atoms with Gasteiger partial charge in [-0.05, 0) is 61.3 Å². The van der Waals surface area contributed by atoms with Gasteiger partial charge in [0.05, 0.1) is 20.3 Å². The summed E-state index contributed by atoms with van der Waals surface area (Å²) in [5, 5.41) is 15.8. The largest absolute Gasteiger partial charge is 0.478 e. The van der Waals surface area contributed by atoms with Crippen molar-refractivity contribution in [3.05, 3.63) is 63.5 Å². The van der Waals surface area contributed by atoms with Crippen LogP contribution in [0, 0.1) is 5.41 Å². The number of aromatic nitrogens is 3. The zero-order chi connectivity index (χ0) is 25.3. The average Bonchev–Trinajstić information content (AvgIpc) is 3.48. The molecule has 1 N–H and O–H groups in total. The first-order chi connectivity index (χ1) is 17.9. The fourth-order valence-electron chi connectivity index (χ4n) is 5.54. The molecule has 1 aromatic carbocycles. The lowest BCUT2D eigenvalue weighted by molar-refractivity contribution is 0.0696. The molecule has 0 unspecified atom stereocenters. The highest BCUT2D eigenvalue weighted by Crippen LogP contribution is 2.56. The number of rotatable bonds is 5. The molecule has 3 aromatic heterocycles. The number of benzene rings is 1. The summed E-state index contributed by atoms with van der Waals surface area (Å²) < 4.78 is 6.68. The SMILES string of the molecule is O=C(O)c1cnc2nc(N3CCC4(C=C(c5c(-c6c(Cl)cccc6Cl)noc5C5CC5)C4)CC3)sc2c1. The van der Waals surface area contributed by atoms with Crippen LogP contribution in [0.2, 0.25) is 10.0 Å². The predicted molar refractivity (Wildman–Crippen MR) is 145 cm³/mol. The first-order valence-corrected chi connectivity index (χ1v) is 13.9. The number of carbonyl (C=O) groups is 1. The van der Waals surface area contributed by atoms with Crippen LogP contribution in [0.5, 0.6) is 0 Å². The molecule has 188 valence electrons. The summed E-state index contributed by atoms with van der Waals surface area (Å²) in [5.41, 5.74) is 4.77. The van der Waals surface area contributed by atoms with Crippen LogP contribution in [0.1, 0.15) is 59.7 Å². The number of nitrogens with zero attached hydrogens (tertiary/aromatic N) is 4. The van der Waals surface area contributed by atoms with Crippen LogP contribution in [0.3, 0.4) is 0 Å². The third kappa shape index (κ3) is 3.93. The predicted octanol–water partition coefficient (Wildman–Crippen LogP) is 7.30. The number of carboxylic acid groups (broad SMARTS) is 1. The van der Waals surface area contributed by atoms with Gasteiger partial charge in [-0.3, -0.25) is 0 Å². The number of carboxylic acids is 1. The van der Waals surface area contributed by atoms with Gasteiger partial charge in [0.25, 0.3) is 0 Å². The molecule has 2 fully saturated rings. The molecular weight excluding hydrogens is 531 g/mol. The summed E-state index contributed by atoms with van der Waals surface area (Å²) in [6, 6.07) is 7.17. The van der Waals surface area contributed by atoms with E-state index < -0.39 is 5.97 Å². The Morgan fingerprint density at radius 3 is 2.57 bits per heavy atom. The van der Waals surface area contributed by atoms with Crippen molar-refractivity contribution in [1.29, 1.82) is 0 Å². The highest BCUT2D eigenvalue weighted by molar-refractivity contribution is 7.22. The molecule has 0 amide bonds. The highest BCUT2D eigenvalue weighted by atomic mass is 35.5. The molecule has 1 saturated heterocycles. The van der Waals surface area contributed by atoms with E-state index in [9.17, 15) is 9.90 Å². The monoisotopic (exact) mass is 552 g/mol. The molecule has 7 nitrogen and oxygen atoms in total. The summed E-state index contributed by atoms with van der Waals surface area (Å²) in [6.07, 6.45) is 9.03. The quantitative estimate of drug-likeness (QED) is 0.277. The molecule has 0 atom stereocenters. The Labute approximate surface area is 226 Å². The van der Waals surface area contributed by atoms with Crippen molar-refractivity contribution in [3.8, 4) is 11.3 Å². The highest BCUT2D eigenvalue weighted by Gasteiger charge is 2.44. The van der Waals surface area contributed by atoms with Crippen LogP contribution in [-0.4, -0.2) is 39.3 Å². The molecule has 10 heteroatoms. The van der Waals surface area contributed by atoms with Crippen LogP contribution in [0.25, 0.3) is 27.2 Å². The number of piperidine rings is 1. The number of pyridine rings is 1. The number of fused-ring (bicyclic) bond motifs is 1. The van der Waals surface area contributed by atoms with Crippen molar-refractivity contribution < 1.29 is 14.4 Å². The number of halogens is 2. The van der Waals surface area contributed by atoms with E-state index in [-0.39, 0.29) is 11.0 Å². The minimum Gasteiger partial charge on any atom is -0.478 e. The lowest BCUT2D eigenvalue weighted by Gasteiger charge is -2.46. The van der Waals surface area contributed by atoms with Gasteiger partial charge in [0, 0.05) is 36.3 Å². The summed E-state index contributed by atoms with van der Waals surface area (Å²) in [6.45, 7) is 1.77. The number of aromatic carboxylic acids is 1. The average molecular weight is 553 g/mol. The normalized spacial score (nSPS) is 18.8. The second-order valence-electron chi connectivity index (χ2n) is 10.2. The van der Waals surface area contributed by atoms with Crippen molar-refractivity contribution in [3.63, 3.8) is 0 Å². The number of hydrogen-bond acceptors (Lipinski definition) is 7. The molecule has 0 radical (unpaired) electrons. The van der Waals surface area contributed by atoms with Crippen molar-refractivity contribution >= 4 is 61.6 Å². The fourth-order valence-corrected chi connectivity index (χ4v) is 7.13. The van der Waals surface area contributed by atoms with Crippen LogP contribution in [0.15, 0.2) is 41.1 Å². The fraction of sp³-hybridized carbons (Fsp3) is 0.333. The van der Waals surface area contributed by atoms with E-state index in [0.29, 0.717) is 21.6 Å². The number of thiazole rings is 1. The first kappa shape index (κ1) is 23.2. The Bertz CT molecular complexity index is 1580. The second kappa shape index (κ2) is 8.55. The van der Waals surface area contributed by atoms with E-state index in [0.717, 1.165) is 77.6 Å². The Hall–Kier alpha value is -2.94. The van der Waals surface area contributed by atoms with Gasteiger partial charge in [-0.1, -0.05) is 51.8 Å². The molecule has 2 aliphatic carbocycles. The molecule has 4 heterocycles. The smallest absolute Gasteiger partial charge is 0.337 e. The van der Waals surface area contributed by atoms with Crippen LogP contribution >= 0.6 is 34.5 Å². The molecule has 7 rings (SSSR count). The summed E-state index contributed by atoms with van der Waals surface area (Å²) in [4.78, 5) is 22.5. The van der Waals surface area contributed by atoms with Crippen molar-refractivity contribution in [2.75, 3.05) is 18.0 Å². The number of hydrogen-bond donors (Lipinski definition) is 1. The minimum absolute atomic E-state index is 0.150. The molecule has 1 aliphatic heterocycles. The lowest BCUT2D eigenvalue weighted by Crippen LogP contribution is -2.42. The third-order valence-corrected chi connectivity index (χ3v) is 9.40. The van der Waals surface area contributed by atoms with Gasteiger partial charge in [0.2, 0.25) is 0 Å². The van der Waals surface area contributed by atoms with Gasteiger partial charge in [-0.15, -0.1) is 0 Å². The van der Waals surface area contributed by atoms with Gasteiger partial charge >= 0.3 is 5.97 Å². The second-order valence-corrected chi connectivity index (χ2v) is 12.0. The molecule has 0 bridgehead atoms. The van der Waals surface area contributed by atoms with Gasteiger partial charge in [0.15, 0.2) is 10.8 Å². The summed E-state index contributed by atoms with van der Waals surface area (Å²) in [7, 11) is 0. The Morgan fingerprint density at radius 1 is 1.16 bits per heavy atom. The van der Waals surface area contributed by atoms with E-state index >= 15 is 0 Å². The van der Waals surface area contributed by atoms with Gasteiger partial charge in [0.1, 0.15) is 11.5 Å². The first-order valence-electron chi connectivity index (χ1n) is 12.3. The minimum atomic E-state index is -0.977. The van der Waals surface area contributed by atoms with Gasteiger partial charge < -0.3 is 14.5 Å². The summed E-state index contributed by atoms with van der Waals surface area (Å²) >= 11 is 14.6. The van der Waals surface area contributed by atoms with Gasteiger partial charge in [-0.2, -0.15) is 4.98 Å². The van der Waals surface area contributed by atoms with Crippen LogP contribution < -0.4 is 4.90 Å². The number of allylic oxidation sites excluding steroid dienone is 2. The maximum absolute atomic E-state index is 11.3. The standard InChI is InChI=1S/C27H22Cl2N4O3S/c28-17-2-1-3-18(29)21(17)22-20(23(36-32-22)14-4-5-14)16-11-27(12-16)6-8-33(9-7-27)26-31-24-19(37-26)10-15(13-30-24)25(34)35/h1-3,10-11,13-14H,4-9,12H2,(H,34,35). The van der Waals surface area contributed by atoms with Crippen molar-refractivity contribution in [2.24, 2.45) is 5.41 Å². The van der Waals surface area contributed by atoms with E-state index in [1.165, 1.54) is 23.1 Å². The van der Waals surface area contributed by atoms with E-state index in [2.05, 4.69) is 26.1 Å². The molecule has 37 heavy (non-hydrogen) atoms. The zero-order valence-electron chi connectivity index (χ0n) is 19.7. The van der Waals surface area contributed by atoms with Gasteiger partial charge in [-0.25, -0.2) is 9.78 Å². The molecule has 1 saturated carbocycles. The van der Waals surface area contributed by atoms with E-state index in [1.807, 2.05) is 18.2 Å². The maximum atomic E-state index is 11.3. The molecule has 4 aromatic rings. The Kier molecular flexibility index (Phi) is 5.36. The van der Waals surface area contributed by atoms with Crippen molar-refractivity contribution in [1.82, 2.24) is 15.1 Å². The third-order valence-electron chi connectivity index (χ3n) is 7.72. The lowest BCUT2D eigenvalue weighted by atomic mass is 9.63. The van der Waals surface area contributed by atoms with Crippen LogP contribution in [0.4, 0.5) is 5.13 Å². The molecule has 3 aliphatic rings. The Balaban J connectivity index is 1.14. The molecule has 1 spiro atoms.